The normalized spacial score (nSPS) is 18.9. The maximum Gasteiger partial charge on any atom is 0.223 e. The van der Waals surface area contributed by atoms with E-state index >= 15 is 0 Å². The van der Waals surface area contributed by atoms with Gasteiger partial charge in [0.2, 0.25) is 5.91 Å². The monoisotopic (exact) mass is 534 g/mol. The molecule has 2 rings (SSSR count). The average molecular weight is 535 g/mol. The van der Waals surface area contributed by atoms with Gasteiger partial charge in [-0.2, -0.15) is 0 Å². The molecule has 0 aliphatic carbocycles. The van der Waals surface area contributed by atoms with Crippen LogP contribution < -0.4 is 15.8 Å². The number of nitrogens with two attached hydrogens (primary N) is 1. The number of ether oxygens (including phenoxy) is 3. The van der Waals surface area contributed by atoms with Crippen LogP contribution in [0, 0.1) is 23.7 Å². The van der Waals surface area contributed by atoms with Gasteiger partial charge in [-0.1, -0.05) is 46.8 Å². The average Bonchev–Trinajstić information content (AvgIpc) is 3.41. The van der Waals surface area contributed by atoms with Crippen LogP contribution in [0.4, 0.5) is 0 Å². The van der Waals surface area contributed by atoms with E-state index in [-0.39, 0.29) is 23.8 Å². The molecule has 1 aliphatic heterocycles. The van der Waals surface area contributed by atoms with Crippen molar-refractivity contribution in [3.8, 4) is 5.75 Å². The van der Waals surface area contributed by atoms with Gasteiger partial charge < -0.3 is 30.4 Å². The Morgan fingerprint density at radius 1 is 1.18 bits per heavy atom. The molecule has 1 amide bonds. The summed E-state index contributed by atoms with van der Waals surface area (Å²) < 4.78 is 16.9. The summed E-state index contributed by atoms with van der Waals surface area (Å²) in [5, 5.41) is 14.1. The van der Waals surface area contributed by atoms with Gasteiger partial charge in [-0.05, 0) is 73.5 Å². The quantitative estimate of drug-likeness (QED) is 0.239. The zero-order valence-corrected chi connectivity index (χ0v) is 24.7. The molecular formula is C31H54N2O5. The number of methoxy groups -OCH3 is 1. The number of benzene rings is 1. The van der Waals surface area contributed by atoms with Crippen LogP contribution >= 0.6 is 0 Å². The molecule has 7 heteroatoms. The van der Waals surface area contributed by atoms with Crippen molar-refractivity contribution in [1.29, 1.82) is 0 Å². The highest BCUT2D eigenvalue weighted by atomic mass is 16.5. The maximum atomic E-state index is 12.9. The summed E-state index contributed by atoms with van der Waals surface area (Å²) in [5.74, 6) is 1.47. The molecule has 1 heterocycles. The third-order valence-electron chi connectivity index (χ3n) is 7.94. The largest absolute Gasteiger partial charge is 0.493 e. The summed E-state index contributed by atoms with van der Waals surface area (Å²) in [4.78, 5) is 12.9. The summed E-state index contributed by atoms with van der Waals surface area (Å²) in [6.45, 7) is 13.2. The number of hydrogen-bond donors (Lipinski definition) is 3. The predicted molar refractivity (Wildman–Crippen MR) is 153 cm³/mol. The number of carbonyl (C=O) groups excluding carboxylic acids is 1. The molecule has 5 atom stereocenters. The van der Waals surface area contributed by atoms with Gasteiger partial charge in [0, 0.05) is 45.2 Å². The van der Waals surface area contributed by atoms with Crippen LogP contribution in [-0.2, 0) is 27.1 Å². The first kappa shape index (κ1) is 32.5. The van der Waals surface area contributed by atoms with Crippen LogP contribution in [0.15, 0.2) is 18.2 Å². The fourth-order valence-corrected chi connectivity index (χ4v) is 5.21. The van der Waals surface area contributed by atoms with Crippen molar-refractivity contribution in [2.45, 2.75) is 97.8 Å². The lowest BCUT2D eigenvalue weighted by Crippen LogP contribution is -2.43. The topological polar surface area (TPSA) is 103 Å². The summed E-state index contributed by atoms with van der Waals surface area (Å²) in [6, 6.07) is 6.12. The molecule has 0 radical (unpaired) electrons. The van der Waals surface area contributed by atoms with Gasteiger partial charge in [-0.15, -0.1) is 0 Å². The van der Waals surface area contributed by atoms with Crippen molar-refractivity contribution in [3.05, 3.63) is 29.3 Å². The van der Waals surface area contributed by atoms with E-state index in [9.17, 15) is 9.90 Å². The molecule has 0 bridgehead atoms. The van der Waals surface area contributed by atoms with Crippen molar-refractivity contribution in [3.63, 3.8) is 0 Å². The van der Waals surface area contributed by atoms with Gasteiger partial charge in [-0.3, -0.25) is 4.79 Å². The highest BCUT2D eigenvalue weighted by Crippen LogP contribution is 2.29. The third-order valence-corrected chi connectivity index (χ3v) is 7.94. The van der Waals surface area contributed by atoms with E-state index < -0.39 is 12.1 Å². The third kappa shape index (κ3) is 10.8. The second-order valence-corrected chi connectivity index (χ2v) is 11.6. The number of rotatable bonds is 18. The molecule has 1 aromatic rings. The molecule has 1 aliphatic rings. The Balaban J connectivity index is 1.97. The molecule has 0 saturated carbocycles. The minimum absolute atomic E-state index is 0.0174. The Morgan fingerprint density at radius 2 is 1.95 bits per heavy atom. The van der Waals surface area contributed by atoms with Crippen LogP contribution in [0.5, 0.6) is 5.75 Å². The molecule has 218 valence electrons. The minimum atomic E-state index is -0.737. The highest BCUT2D eigenvalue weighted by molar-refractivity contribution is 5.78. The van der Waals surface area contributed by atoms with E-state index in [4.69, 9.17) is 19.9 Å². The van der Waals surface area contributed by atoms with Crippen molar-refractivity contribution in [1.82, 2.24) is 5.32 Å². The van der Waals surface area contributed by atoms with E-state index in [0.29, 0.717) is 44.4 Å². The van der Waals surface area contributed by atoms with E-state index in [0.717, 1.165) is 44.5 Å². The van der Waals surface area contributed by atoms with E-state index in [2.05, 4.69) is 44.3 Å². The van der Waals surface area contributed by atoms with Crippen LogP contribution in [0.25, 0.3) is 0 Å². The van der Waals surface area contributed by atoms with Crippen LogP contribution in [0.1, 0.15) is 77.8 Å². The highest BCUT2D eigenvalue weighted by Gasteiger charge is 2.30. The zero-order chi connectivity index (χ0) is 28.1. The molecule has 7 nitrogen and oxygen atoms in total. The van der Waals surface area contributed by atoms with Gasteiger partial charge >= 0.3 is 0 Å². The van der Waals surface area contributed by atoms with E-state index in [1.54, 1.807) is 7.11 Å². The second-order valence-electron chi connectivity index (χ2n) is 11.6. The Hall–Kier alpha value is -1.67. The van der Waals surface area contributed by atoms with Crippen molar-refractivity contribution >= 4 is 5.91 Å². The molecular weight excluding hydrogens is 480 g/mol. The Bertz CT molecular complexity index is 809. The lowest BCUT2D eigenvalue weighted by atomic mass is 9.80. The number of hydrogen-bond acceptors (Lipinski definition) is 6. The number of amides is 1. The molecule has 4 N–H and O–H groups in total. The minimum Gasteiger partial charge on any atom is -0.493 e. The van der Waals surface area contributed by atoms with Gasteiger partial charge in [0.05, 0.1) is 18.8 Å². The molecule has 0 unspecified atom stereocenters. The SMILES string of the molecule is CCc1ccc(C[C@@H](C[C@H](N)[C@@H](O)C[C@H](C(=O)NC[C@@H]2CCCO2)C(C)C)C(C)C)cc1OCCCOC. The van der Waals surface area contributed by atoms with Crippen LogP contribution in [0.3, 0.4) is 0 Å². The van der Waals surface area contributed by atoms with Crippen LogP contribution in [-0.4, -0.2) is 62.7 Å². The first-order valence-corrected chi connectivity index (χ1v) is 14.7. The van der Waals surface area contributed by atoms with Crippen molar-refractivity contribution < 1.29 is 24.1 Å². The molecule has 0 spiro atoms. The molecule has 1 saturated heterocycles. The Kier molecular flexibility index (Phi) is 14.7. The number of aliphatic hydroxyl groups excluding tert-OH is 1. The summed E-state index contributed by atoms with van der Waals surface area (Å²) in [6.07, 6.45) is 5.10. The smallest absolute Gasteiger partial charge is 0.223 e. The first-order chi connectivity index (χ1) is 18.2. The zero-order valence-electron chi connectivity index (χ0n) is 24.7. The molecule has 38 heavy (non-hydrogen) atoms. The first-order valence-electron chi connectivity index (χ1n) is 14.7. The number of aryl methyl sites for hydroxylation is 1. The number of carbonyl (C=O) groups is 1. The predicted octanol–water partition coefficient (Wildman–Crippen LogP) is 4.51. The molecule has 1 aromatic carbocycles. The standard InChI is InChI=1S/C31H54N2O5/c1-7-24-12-11-23(17-30(24)38-15-9-13-36-6)16-25(21(2)3)18-28(32)29(34)19-27(22(4)5)31(35)33-20-26-10-8-14-37-26/h11-12,17,21-22,25-29,34H,7-10,13-16,18-20,32H2,1-6H3,(H,33,35)/t25-,26-,27-,28-,29-/m0/s1. The second kappa shape index (κ2) is 17.1. The van der Waals surface area contributed by atoms with Crippen molar-refractivity contribution in [2.24, 2.45) is 29.4 Å². The molecule has 0 aromatic heterocycles. The van der Waals surface area contributed by atoms with Crippen molar-refractivity contribution in [2.75, 3.05) is 33.5 Å². The lowest BCUT2D eigenvalue weighted by Gasteiger charge is -2.30. The summed E-state index contributed by atoms with van der Waals surface area (Å²) in [7, 11) is 1.70. The van der Waals surface area contributed by atoms with Gasteiger partial charge in [0.1, 0.15) is 5.75 Å². The number of nitrogens with one attached hydrogen (secondary N) is 1. The maximum absolute atomic E-state index is 12.9. The summed E-state index contributed by atoms with van der Waals surface area (Å²) in [5.41, 5.74) is 8.99. The van der Waals surface area contributed by atoms with Gasteiger partial charge in [-0.25, -0.2) is 0 Å². The molecule has 1 fully saturated rings. The van der Waals surface area contributed by atoms with Gasteiger partial charge in [0.25, 0.3) is 0 Å². The lowest BCUT2D eigenvalue weighted by molar-refractivity contribution is -0.128. The fraction of sp³-hybridized carbons (Fsp3) is 0.774. The van der Waals surface area contributed by atoms with Crippen LogP contribution in [0.2, 0.25) is 0 Å². The Labute approximate surface area is 231 Å². The number of aliphatic hydroxyl groups is 1. The van der Waals surface area contributed by atoms with E-state index in [1.165, 1.54) is 11.1 Å². The summed E-state index contributed by atoms with van der Waals surface area (Å²) >= 11 is 0. The van der Waals surface area contributed by atoms with E-state index in [1.807, 2.05) is 13.8 Å². The fourth-order valence-electron chi connectivity index (χ4n) is 5.21. The Morgan fingerprint density at radius 3 is 2.55 bits per heavy atom. The van der Waals surface area contributed by atoms with Gasteiger partial charge in [0.15, 0.2) is 0 Å².